The van der Waals surface area contributed by atoms with E-state index in [-0.39, 0.29) is 12.0 Å². The molecule has 0 bridgehead atoms. The van der Waals surface area contributed by atoms with Crippen molar-refractivity contribution < 1.29 is 19.1 Å². The number of ether oxygens (including phenoxy) is 2. The van der Waals surface area contributed by atoms with Gasteiger partial charge in [-0.15, -0.1) is 0 Å². The highest BCUT2D eigenvalue weighted by Gasteiger charge is 2.34. The lowest BCUT2D eigenvalue weighted by Crippen LogP contribution is -2.37. The number of carbonyl (C=O) groups is 2. The van der Waals surface area contributed by atoms with Crippen LogP contribution in [0.25, 0.3) is 10.9 Å². The molecular weight excluding hydrogens is 412 g/mol. The number of methoxy groups -OCH3 is 1. The molecule has 2 aromatic rings. The Labute approximate surface area is 167 Å². The van der Waals surface area contributed by atoms with E-state index in [1.54, 1.807) is 4.57 Å². The average molecular weight is 437 g/mol. The number of nitrogens with zero attached hydrogens (tertiary/aromatic N) is 2. The minimum Gasteiger partial charge on any atom is -0.468 e. The van der Waals surface area contributed by atoms with Gasteiger partial charge in [0, 0.05) is 16.4 Å². The Hall–Kier alpha value is -1.86. The Kier molecular flexibility index (Phi) is 5.63. The van der Waals surface area contributed by atoms with Crippen molar-refractivity contribution in [3.63, 3.8) is 0 Å². The molecule has 1 atom stereocenters. The number of carbonyl (C=O) groups excluding carboxylic acids is 2. The molecule has 27 heavy (non-hydrogen) atoms. The van der Waals surface area contributed by atoms with Crippen LogP contribution < -0.4 is 0 Å². The van der Waals surface area contributed by atoms with Crippen LogP contribution in [-0.4, -0.2) is 46.8 Å². The molecule has 1 aliphatic rings. The van der Waals surface area contributed by atoms with Gasteiger partial charge in [-0.3, -0.25) is 9.69 Å². The Balaban J connectivity index is 2.04. The van der Waals surface area contributed by atoms with Gasteiger partial charge in [0.05, 0.1) is 18.3 Å². The number of benzene rings is 1. The van der Waals surface area contributed by atoms with Gasteiger partial charge in [0.25, 0.3) is 0 Å². The quantitative estimate of drug-likeness (QED) is 0.670. The molecule has 0 amide bonds. The zero-order chi connectivity index (χ0) is 19.8. The summed E-state index contributed by atoms with van der Waals surface area (Å²) in [4.78, 5) is 27.1. The van der Waals surface area contributed by atoms with Crippen LogP contribution in [-0.2, 0) is 20.8 Å². The van der Waals surface area contributed by atoms with E-state index in [0.29, 0.717) is 6.54 Å². The molecule has 7 heteroatoms. The van der Waals surface area contributed by atoms with Crippen LogP contribution in [0.3, 0.4) is 0 Å². The normalized spacial score (nSPS) is 18.0. The second-order valence-corrected chi connectivity index (χ2v) is 8.54. The van der Waals surface area contributed by atoms with Crippen molar-refractivity contribution in [1.82, 2.24) is 9.47 Å². The van der Waals surface area contributed by atoms with Crippen molar-refractivity contribution in [1.29, 1.82) is 0 Å². The van der Waals surface area contributed by atoms with Gasteiger partial charge >= 0.3 is 12.1 Å². The van der Waals surface area contributed by atoms with Crippen LogP contribution in [0.5, 0.6) is 0 Å². The maximum absolute atomic E-state index is 13.0. The molecule has 2 heterocycles. The lowest BCUT2D eigenvalue weighted by molar-refractivity contribution is -0.146. The molecule has 3 rings (SSSR count). The Morgan fingerprint density at radius 1 is 1.26 bits per heavy atom. The van der Waals surface area contributed by atoms with Crippen LogP contribution >= 0.6 is 15.9 Å². The Morgan fingerprint density at radius 3 is 2.63 bits per heavy atom. The van der Waals surface area contributed by atoms with Crippen molar-refractivity contribution in [3.8, 4) is 0 Å². The smallest absolute Gasteiger partial charge is 0.419 e. The SMILES string of the molecule is COC(=O)[C@@H]1CCCN1Cc1c(Br)c2ccccc2n1C(=O)OC(C)(C)C. The summed E-state index contributed by atoms with van der Waals surface area (Å²) in [6, 6.07) is 7.41. The molecule has 1 aromatic heterocycles. The minimum atomic E-state index is -0.603. The van der Waals surface area contributed by atoms with Gasteiger partial charge < -0.3 is 9.47 Å². The summed E-state index contributed by atoms with van der Waals surface area (Å²) in [6.07, 6.45) is 1.26. The van der Waals surface area contributed by atoms with E-state index >= 15 is 0 Å². The zero-order valence-corrected chi connectivity index (χ0v) is 17.7. The highest BCUT2D eigenvalue weighted by molar-refractivity contribution is 9.10. The van der Waals surface area contributed by atoms with E-state index in [9.17, 15) is 9.59 Å². The van der Waals surface area contributed by atoms with E-state index in [1.165, 1.54) is 7.11 Å². The van der Waals surface area contributed by atoms with Gasteiger partial charge in [0.1, 0.15) is 11.6 Å². The maximum atomic E-state index is 13.0. The highest BCUT2D eigenvalue weighted by atomic mass is 79.9. The standard InChI is InChI=1S/C20H25BrN2O4/c1-20(2,3)27-19(25)23-14-9-6-5-8-13(14)17(21)16(23)12-22-11-7-10-15(22)18(24)26-4/h5-6,8-9,15H,7,10-12H2,1-4H3/t15-/m0/s1. The number of rotatable bonds is 3. The van der Waals surface area contributed by atoms with Gasteiger partial charge in [0.15, 0.2) is 0 Å². The molecule has 146 valence electrons. The molecule has 0 spiro atoms. The van der Waals surface area contributed by atoms with Crippen molar-refractivity contribution in [3.05, 3.63) is 34.4 Å². The van der Waals surface area contributed by atoms with E-state index in [4.69, 9.17) is 9.47 Å². The fraction of sp³-hybridized carbons (Fsp3) is 0.500. The van der Waals surface area contributed by atoms with Gasteiger partial charge in [0.2, 0.25) is 0 Å². The first kappa shape index (κ1) is 19.9. The molecule has 1 aliphatic heterocycles. The number of esters is 1. The molecule has 0 aliphatic carbocycles. The molecule has 6 nitrogen and oxygen atoms in total. The third-order valence-electron chi connectivity index (χ3n) is 4.67. The highest BCUT2D eigenvalue weighted by Crippen LogP contribution is 2.34. The minimum absolute atomic E-state index is 0.233. The number of fused-ring (bicyclic) bond motifs is 1. The first-order chi connectivity index (χ1) is 12.7. The summed E-state index contributed by atoms with van der Waals surface area (Å²) in [5, 5.41) is 0.937. The van der Waals surface area contributed by atoms with Crippen LogP contribution in [0.15, 0.2) is 28.7 Å². The number of hydrogen-bond donors (Lipinski definition) is 0. The predicted molar refractivity (Wildman–Crippen MR) is 107 cm³/mol. The molecule has 1 fully saturated rings. The van der Waals surface area contributed by atoms with Crippen molar-refractivity contribution in [2.45, 2.75) is 51.8 Å². The molecular formula is C20H25BrN2O4. The number of likely N-dealkylation sites (tertiary alicyclic amines) is 1. The topological polar surface area (TPSA) is 60.8 Å². The average Bonchev–Trinajstić information content (AvgIpc) is 3.17. The fourth-order valence-corrected chi connectivity index (χ4v) is 4.16. The summed E-state index contributed by atoms with van der Waals surface area (Å²) in [5.74, 6) is -0.233. The molecule has 0 unspecified atom stereocenters. The summed E-state index contributed by atoms with van der Waals surface area (Å²) < 4.78 is 13.0. The molecule has 0 radical (unpaired) electrons. The van der Waals surface area contributed by atoms with Gasteiger partial charge in [-0.25, -0.2) is 9.36 Å². The van der Waals surface area contributed by atoms with Crippen molar-refractivity contribution in [2.75, 3.05) is 13.7 Å². The predicted octanol–water partition coefficient (Wildman–Crippen LogP) is 4.32. The lowest BCUT2D eigenvalue weighted by atomic mass is 10.2. The van der Waals surface area contributed by atoms with E-state index in [1.807, 2.05) is 45.0 Å². The number of halogens is 1. The van der Waals surface area contributed by atoms with E-state index in [0.717, 1.165) is 40.5 Å². The second-order valence-electron chi connectivity index (χ2n) is 7.75. The third kappa shape index (κ3) is 4.04. The van der Waals surface area contributed by atoms with Gasteiger partial charge in [-0.1, -0.05) is 18.2 Å². The fourth-order valence-electron chi connectivity index (χ4n) is 3.52. The van der Waals surface area contributed by atoms with Gasteiger partial charge in [-0.2, -0.15) is 0 Å². The van der Waals surface area contributed by atoms with Crippen LogP contribution in [0.1, 0.15) is 39.3 Å². The molecule has 1 saturated heterocycles. The second kappa shape index (κ2) is 7.64. The first-order valence-corrected chi connectivity index (χ1v) is 9.85. The zero-order valence-electron chi connectivity index (χ0n) is 16.1. The van der Waals surface area contributed by atoms with Gasteiger partial charge in [-0.05, 0) is 62.2 Å². The summed E-state index contributed by atoms with van der Waals surface area (Å²) in [5.41, 5.74) is 0.956. The number of para-hydroxylation sites is 1. The number of aromatic nitrogens is 1. The van der Waals surface area contributed by atoms with E-state index in [2.05, 4.69) is 20.8 Å². The third-order valence-corrected chi connectivity index (χ3v) is 5.56. The summed E-state index contributed by atoms with van der Waals surface area (Å²) in [7, 11) is 1.41. The molecule has 1 aromatic carbocycles. The Bertz CT molecular complexity index is 869. The summed E-state index contributed by atoms with van der Waals surface area (Å²) in [6.45, 7) is 6.77. The van der Waals surface area contributed by atoms with Crippen LogP contribution in [0, 0.1) is 0 Å². The van der Waals surface area contributed by atoms with Crippen molar-refractivity contribution in [2.24, 2.45) is 0 Å². The maximum Gasteiger partial charge on any atom is 0.419 e. The van der Waals surface area contributed by atoms with E-state index < -0.39 is 11.7 Å². The Morgan fingerprint density at radius 2 is 1.96 bits per heavy atom. The van der Waals surface area contributed by atoms with Crippen molar-refractivity contribution >= 4 is 38.9 Å². The monoisotopic (exact) mass is 436 g/mol. The van der Waals surface area contributed by atoms with Crippen LogP contribution in [0.4, 0.5) is 4.79 Å². The largest absolute Gasteiger partial charge is 0.468 e. The van der Waals surface area contributed by atoms with Crippen LogP contribution in [0.2, 0.25) is 0 Å². The summed E-state index contributed by atoms with van der Waals surface area (Å²) >= 11 is 3.66. The molecule has 0 saturated carbocycles. The molecule has 0 N–H and O–H groups in total. The number of hydrogen-bond acceptors (Lipinski definition) is 5. The lowest BCUT2D eigenvalue weighted by Gasteiger charge is -2.24. The first-order valence-electron chi connectivity index (χ1n) is 9.06.